The first-order valence-corrected chi connectivity index (χ1v) is 6.51. The number of hydrogen-bond donors (Lipinski definition) is 1. The Morgan fingerprint density at radius 2 is 2.00 bits per heavy atom. The van der Waals surface area contributed by atoms with Gasteiger partial charge in [-0.05, 0) is 24.6 Å². The molecule has 5 nitrogen and oxygen atoms in total. The summed E-state index contributed by atoms with van der Waals surface area (Å²) >= 11 is 0. The summed E-state index contributed by atoms with van der Waals surface area (Å²) in [6, 6.07) is 6.14. The Hall–Kier alpha value is -1.75. The predicted molar refractivity (Wildman–Crippen MR) is 68.5 cm³/mol. The third kappa shape index (κ3) is 2.26. The predicted octanol–water partition coefficient (Wildman–Crippen LogP) is 1.54. The summed E-state index contributed by atoms with van der Waals surface area (Å²) in [6.45, 7) is 4.49. The summed E-state index contributed by atoms with van der Waals surface area (Å²) in [5.41, 5.74) is 1.13. The Morgan fingerprint density at radius 3 is 2.68 bits per heavy atom. The molecule has 0 bridgehead atoms. The number of aliphatic carboxylic acids is 1. The quantitative estimate of drug-likeness (QED) is 0.896. The molecule has 0 saturated carbocycles. The van der Waals surface area contributed by atoms with Crippen molar-refractivity contribution in [2.75, 3.05) is 26.3 Å². The van der Waals surface area contributed by atoms with E-state index < -0.39 is 5.97 Å². The van der Waals surface area contributed by atoms with Crippen LogP contribution in [0.1, 0.15) is 18.5 Å². The van der Waals surface area contributed by atoms with Crippen LogP contribution in [0.25, 0.3) is 0 Å². The van der Waals surface area contributed by atoms with Crippen molar-refractivity contribution in [3.8, 4) is 11.5 Å². The summed E-state index contributed by atoms with van der Waals surface area (Å²) in [5, 5.41) is 8.90. The second-order valence-electron chi connectivity index (χ2n) is 5.07. The topological polar surface area (TPSA) is 59.0 Å². The van der Waals surface area contributed by atoms with Gasteiger partial charge in [0.2, 0.25) is 0 Å². The maximum absolute atomic E-state index is 10.8. The van der Waals surface area contributed by atoms with Gasteiger partial charge in [0.1, 0.15) is 13.2 Å². The highest BCUT2D eigenvalue weighted by Crippen LogP contribution is 2.35. The number of carboxylic acids is 1. The Labute approximate surface area is 111 Å². The van der Waals surface area contributed by atoms with Crippen LogP contribution < -0.4 is 9.47 Å². The number of likely N-dealkylation sites (tertiary alicyclic amines) is 1. The average Bonchev–Trinajstić information content (AvgIpc) is 2.35. The lowest BCUT2D eigenvalue weighted by Crippen LogP contribution is -2.51. The average molecular weight is 263 g/mol. The highest BCUT2D eigenvalue weighted by Gasteiger charge is 2.35. The molecule has 1 fully saturated rings. The van der Waals surface area contributed by atoms with E-state index in [0.29, 0.717) is 26.3 Å². The molecule has 0 spiro atoms. The standard InChI is InChI=1S/C14H17NO4/c1-9(15-7-11(8-15)14(16)17)10-2-3-12-13(6-10)19-5-4-18-12/h2-3,6,9,11H,4-5,7-8H2,1H3,(H,16,17). The maximum atomic E-state index is 10.8. The molecule has 2 heterocycles. The van der Waals surface area contributed by atoms with Crippen molar-refractivity contribution < 1.29 is 19.4 Å². The molecule has 3 rings (SSSR count). The lowest BCUT2D eigenvalue weighted by molar-refractivity contribution is -0.148. The molecule has 102 valence electrons. The Bertz CT molecular complexity index is 496. The van der Waals surface area contributed by atoms with Crippen molar-refractivity contribution in [1.82, 2.24) is 4.90 Å². The number of benzene rings is 1. The van der Waals surface area contributed by atoms with Gasteiger partial charge in [0.05, 0.1) is 5.92 Å². The third-order valence-corrected chi connectivity index (χ3v) is 3.86. The van der Waals surface area contributed by atoms with E-state index in [1.807, 2.05) is 18.2 Å². The molecule has 1 N–H and O–H groups in total. The van der Waals surface area contributed by atoms with Crippen LogP contribution in [0.5, 0.6) is 11.5 Å². The molecule has 2 aliphatic heterocycles. The number of nitrogens with zero attached hydrogens (tertiary/aromatic N) is 1. The van der Waals surface area contributed by atoms with Gasteiger partial charge in [0, 0.05) is 19.1 Å². The number of fused-ring (bicyclic) bond motifs is 1. The fraction of sp³-hybridized carbons (Fsp3) is 0.500. The summed E-state index contributed by atoms with van der Waals surface area (Å²) in [6.07, 6.45) is 0. The van der Waals surface area contributed by atoms with Gasteiger partial charge in [0.25, 0.3) is 0 Å². The van der Waals surface area contributed by atoms with E-state index in [9.17, 15) is 4.79 Å². The number of carboxylic acid groups (broad SMARTS) is 1. The van der Waals surface area contributed by atoms with Crippen LogP contribution in [0.15, 0.2) is 18.2 Å². The van der Waals surface area contributed by atoms with E-state index >= 15 is 0 Å². The molecule has 0 amide bonds. The van der Waals surface area contributed by atoms with Crippen LogP contribution in [0, 0.1) is 5.92 Å². The molecule has 5 heteroatoms. The smallest absolute Gasteiger partial charge is 0.309 e. The lowest BCUT2D eigenvalue weighted by atomic mass is 9.95. The summed E-state index contributed by atoms with van der Waals surface area (Å²) in [7, 11) is 0. The largest absolute Gasteiger partial charge is 0.486 e. The van der Waals surface area contributed by atoms with E-state index in [1.165, 1.54) is 0 Å². The van der Waals surface area contributed by atoms with Gasteiger partial charge in [-0.2, -0.15) is 0 Å². The zero-order valence-corrected chi connectivity index (χ0v) is 10.8. The molecule has 1 atom stereocenters. The van der Waals surface area contributed by atoms with E-state index in [1.54, 1.807) is 0 Å². The lowest BCUT2D eigenvalue weighted by Gasteiger charge is -2.41. The van der Waals surface area contributed by atoms with Gasteiger partial charge < -0.3 is 14.6 Å². The monoisotopic (exact) mass is 263 g/mol. The first-order valence-electron chi connectivity index (χ1n) is 6.51. The summed E-state index contributed by atoms with van der Waals surface area (Å²) < 4.78 is 11.1. The number of rotatable bonds is 3. The zero-order chi connectivity index (χ0) is 13.4. The summed E-state index contributed by atoms with van der Waals surface area (Å²) in [5.74, 6) is 0.644. The van der Waals surface area contributed by atoms with E-state index in [2.05, 4.69) is 11.8 Å². The van der Waals surface area contributed by atoms with Gasteiger partial charge in [-0.25, -0.2) is 0 Å². The Kier molecular flexibility index (Phi) is 3.06. The number of hydrogen-bond acceptors (Lipinski definition) is 4. The maximum Gasteiger partial charge on any atom is 0.309 e. The Balaban J connectivity index is 1.70. The van der Waals surface area contributed by atoms with Crippen molar-refractivity contribution in [2.45, 2.75) is 13.0 Å². The van der Waals surface area contributed by atoms with Gasteiger partial charge >= 0.3 is 5.97 Å². The third-order valence-electron chi connectivity index (χ3n) is 3.86. The molecule has 1 aromatic carbocycles. The zero-order valence-electron chi connectivity index (χ0n) is 10.8. The first kappa shape index (κ1) is 12.3. The van der Waals surface area contributed by atoms with E-state index in [4.69, 9.17) is 14.6 Å². The molecular weight excluding hydrogens is 246 g/mol. The number of ether oxygens (including phenoxy) is 2. The Morgan fingerprint density at radius 1 is 1.32 bits per heavy atom. The van der Waals surface area contributed by atoms with Crippen molar-refractivity contribution in [3.05, 3.63) is 23.8 Å². The second-order valence-corrected chi connectivity index (χ2v) is 5.07. The van der Waals surface area contributed by atoms with Crippen LogP contribution >= 0.6 is 0 Å². The SMILES string of the molecule is CC(c1ccc2c(c1)OCCO2)N1CC(C(=O)O)C1. The molecule has 1 unspecified atom stereocenters. The van der Waals surface area contributed by atoms with Gasteiger partial charge in [-0.3, -0.25) is 9.69 Å². The molecule has 19 heavy (non-hydrogen) atoms. The van der Waals surface area contributed by atoms with Gasteiger partial charge in [-0.1, -0.05) is 6.07 Å². The van der Waals surface area contributed by atoms with Crippen LogP contribution in [0.2, 0.25) is 0 Å². The molecule has 2 aliphatic rings. The van der Waals surface area contributed by atoms with Crippen LogP contribution in [0.3, 0.4) is 0 Å². The minimum Gasteiger partial charge on any atom is -0.486 e. The summed E-state index contributed by atoms with van der Waals surface area (Å²) in [4.78, 5) is 13.0. The van der Waals surface area contributed by atoms with Crippen molar-refractivity contribution in [1.29, 1.82) is 0 Å². The van der Waals surface area contributed by atoms with Crippen molar-refractivity contribution in [3.63, 3.8) is 0 Å². The second kappa shape index (κ2) is 4.74. The minimum absolute atomic E-state index is 0.200. The van der Waals surface area contributed by atoms with E-state index in [0.717, 1.165) is 17.1 Å². The fourth-order valence-electron chi connectivity index (χ4n) is 2.52. The van der Waals surface area contributed by atoms with Crippen molar-refractivity contribution >= 4 is 5.97 Å². The fourth-order valence-corrected chi connectivity index (χ4v) is 2.52. The molecular formula is C14H17NO4. The normalized spacial score (nSPS) is 20.7. The molecule has 0 aliphatic carbocycles. The van der Waals surface area contributed by atoms with Crippen LogP contribution in [-0.2, 0) is 4.79 Å². The first-order chi connectivity index (χ1) is 9.15. The van der Waals surface area contributed by atoms with E-state index in [-0.39, 0.29) is 12.0 Å². The molecule has 1 saturated heterocycles. The molecule has 0 radical (unpaired) electrons. The highest BCUT2D eigenvalue weighted by molar-refractivity contribution is 5.71. The van der Waals surface area contributed by atoms with Crippen LogP contribution in [0.4, 0.5) is 0 Å². The minimum atomic E-state index is -0.703. The molecule has 0 aromatic heterocycles. The highest BCUT2D eigenvalue weighted by atomic mass is 16.6. The van der Waals surface area contributed by atoms with Gasteiger partial charge in [0.15, 0.2) is 11.5 Å². The van der Waals surface area contributed by atoms with Gasteiger partial charge in [-0.15, -0.1) is 0 Å². The number of carbonyl (C=O) groups is 1. The van der Waals surface area contributed by atoms with Crippen LogP contribution in [-0.4, -0.2) is 42.3 Å². The molecule has 1 aromatic rings. The van der Waals surface area contributed by atoms with Crippen molar-refractivity contribution in [2.24, 2.45) is 5.92 Å².